The van der Waals surface area contributed by atoms with Gasteiger partial charge >= 0.3 is 0 Å². The lowest BCUT2D eigenvalue weighted by atomic mass is 9.93. The van der Waals surface area contributed by atoms with Crippen molar-refractivity contribution >= 4 is 0 Å². The zero-order valence-corrected chi connectivity index (χ0v) is 7.00. The largest absolute Gasteiger partial charge is 0.260 e. The molecule has 1 atom stereocenters. The molecule has 0 aliphatic heterocycles. The van der Waals surface area contributed by atoms with Crippen LogP contribution in [0.15, 0.2) is 42.4 Å². The number of hydrogen-bond donors (Lipinski definition) is 0. The predicted molar refractivity (Wildman–Crippen MR) is 48.0 cm³/mol. The molecule has 13 heavy (non-hydrogen) atoms. The second-order valence-electron chi connectivity index (χ2n) is 3.50. The first-order valence-corrected chi connectivity index (χ1v) is 4.34. The maximum absolute atomic E-state index is 12.7. The van der Waals surface area contributed by atoms with Crippen LogP contribution in [0.25, 0.3) is 0 Å². The number of nitrogens with zero attached hydrogens (tertiary/aromatic N) is 1. The Bertz CT molecular complexity index is 408. The summed E-state index contributed by atoms with van der Waals surface area (Å²) >= 11 is 0. The average Bonchev–Trinajstić information content (AvgIpc) is 2.80. The summed E-state index contributed by atoms with van der Waals surface area (Å²) in [6, 6.07) is 3.99. The SMILES string of the molecule is FC1=CCC2(C=C1)c1cccnc12. The normalized spacial score (nSPS) is 28.5. The highest BCUT2D eigenvalue weighted by molar-refractivity contribution is 5.62. The Hall–Kier alpha value is -1.44. The fourth-order valence-electron chi connectivity index (χ4n) is 2.00. The maximum atomic E-state index is 12.7. The van der Waals surface area contributed by atoms with E-state index >= 15 is 0 Å². The first-order chi connectivity index (χ1) is 6.33. The van der Waals surface area contributed by atoms with Gasteiger partial charge in [-0.1, -0.05) is 12.1 Å². The number of allylic oxidation sites excluding steroid dienone is 4. The van der Waals surface area contributed by atoms with Crippen molar-refractivity contribution in [1.29, 1.82) is 0 Å². The molecule has 0 bridgehead atoms. The third-order valence-corrected chi connectivity index (χ3v) is 2.79. The van der Waals surface area contributed by atoms with E-state index in [0.717, 1.165) is 12.1 Å². The molecule has 0 amide bonds. The van der Waals surface area contributed by atoms with E-state index in [1.54, 1.807) is 12.3 Å². The zero-order chi connectivity index (χ0) is 8.89. The van der Waals surface area contributed by atoms with Crippen LogP contribution < -0.4 is 0 Å². The van der Waals surface area contributed by atoms with Gasteiger partial charge in [0, 0.05) is 6.20 Å². The highest BCUT2D eigenvalue weighted by Crippen LogP contribution is 2.53. The Morgan fingerprint density at radius 2 is 2.38 bits per heavy atom. The van der Waals surface area contributed by atoms with Crippen molar-refractivity contribution in [2.75, 3.05) is 0 Å². The van der Waals surface area contributed by atoms with Crippen molar-refractivity contribution in [2.24, 2.45) is 0 Å². The Balaban J connectivity index is 2.04. The second-order valence-corrected chi connectivity index (χ2v) is 3.50. The van der Waals surface area contributed by atoms with Crippen LogP contribution in [-0.4, -0.2) is 4.98 Å². The van der Waals surface area contributed by atoms with Crippen LogP contribution in [0.1, 0.15) is 17.7 Å². The average molecular weight is 173 g/mol. The molecular formula is C11H8FN. The summed E-state index contributed by atoms with van der Waals surface area (Å²) in [6.45, 7) is 0. The molecule has 2 aliphatic rings. The van der Waals surface area contributed by atoms with Gasteiger partial charge in [-0.2, -0.15) is 0 Å². The van der Waals surface area contributed by atoms with Gasteiger partial charge in [0.1, 0.15) is 5.83 Å². The van der Waals surface area contributed by atoms with E-state index in [0.29, 0.717) is 0 Å². The molecule has 2 heteroatoms. The molecule has 1 unspecified atom stereocenters. The van der Waals surface area contributed by atoms with Crippen molar-refractivity contribution in [2.45, 2.75) is 11.8 Å². The lowest BCUT2D eigenvalue weighted by Crippen LogP contribution is -2.05. The summed E-state index contributed by atoms with van der Waals surface area (Å²) < 4.78 is 12.7. The summed E-state index contributed by atoms with van der Waals surface area (Å²) in [7, 11) is 0. The first-order valence-electron chi connectivity index (χ1n) is 4.34. The summed E-state index contributed by atoms with van der Waals surface area (Å²) in [6.07, 6.45) is 7.59. The fraction of sp³-hybridized carbons (Fsp3) is 0.182. The van der Waals surface area contributed by atoms with Crippen molar-refractivity contribution < 1.29 is 4.39 Å². The molecule has 0 aromatic carbocycles. The van der Waals surface area contributed by atoms with Gasteiger partial charge in [-0.15, -0.1) is 0 Å². The van der Waals surface area contributed by atoms with Gasteiger partial charge in [-0.05, 0) is 30.2 Å². The Kier molecular flexibility index (Phi) is 1.12. The van der Waals surface area contributed by atoms with Crippen LogP contribution in [0.2, 0.25) is 0 Å². The first kappa shape index (κ1) is 7.01. The lowest BCUT2D eigenvalue weighted by molar-refractivity contribution is 0.632. The number of pyridine rings is 1. The standard InChI is InChI=1S/C11H8FN/c12-8-3-5-11(6-4-8)9-2-1-7-13-10(9)11/h1-5,7H,6H2. The van der Waals surface area contributed by atoms with Gasteiger partial charge < -0.3 is 0 Å². The molecule has 64 valence electrons. The molecule has 1 heterocycles. The van der Waals surface area contributed by atoms with Crippen LogP contribution in [0, 0.1) is 0 Å². The molecule has 0 saturated heterocycles. The van der Waals surface area contributed by atoms with Gasteiger partial charge in [-0.25, -0.2) is 4.39 Å². The molecule has 3 rings (SSSR count). The molecule has 1 spiro atoms. The zero-order valence-electron chi connectivity index (χ0n) is 7.00. The molecule has 0 N–H and O–H groups in total. The van der Waals surface area contributed by atoms with Gasteiger partial charge in [0.05, 0.1) is 11.1 Å². The van der Waals surface area contributed by atoms with E-state index in [1.165, 1.54) is 11.6 Å². The monoisotopic (exact) mass is 173 g/mol. The second kappa shape index (κ2) is 2.08. The van der Waals surface area contributed by atoms with E-state index in [4.69, 9.17) is 0 Å². The molecule has 2 aliphatic carbocycles. The minimum atomic E-state index is -0.136. The highest BCUT2D eigenvalue weighted by Gasteiger charge is 2.49. The van der Waals surface area contributed by atoms with Crippen molar-refractivity contribution in [3.63, 3.8) is 0 Å². The minimum absolute atomic E-state index is 0.0426. The Morgan fingerprint density at radius 1 is 1.46 bits per heavy atom. The van der Waals surface area contributed by atoms with Crippen molar-refractivity contribution in [1.82, 2.24) is 4.98 Å². The molecule has 1 nitrogen and oxygen atoms in total. The summed E-state index contributed by atoms with van der Waals surface area (Å²) in [5, 5.41) is 0. The number of halogens is 1. The number of rotatable bonds is 0. The van der Waals surface area contributed by atoms with Gasteiger partial charge in [0.15, 0.2) is 0 Å². The third-order valence-electron chi connectivity index (χ3n) is 2.79. The highest BCUT2D eigenvalue weighted by atomic mass is 19.1. The van der Waals surface area contributed by atoms with Crippen LogP contribution in [-0.2, 0) is 5.41 Å². The Morgan fingerprint density at radius 3 is 3.00 bits per heavy atom. The predicted octanol–water partition coefficient (Wildman–Crippen LogP) is 2.49. The number of fused-ring (bicyclic) bond motifs is 3. The summed E-state index contributed by atoms with van der Waals surface area (Å²) in [4.78, 5) is 4.27. The van der Waals surface area contributed by atoms with E-state index in [-0.39, 0.29) is 11.2 Å². The van der Waals surface area contributed by atoms with Crippen LogP contribution in [0.5, 0.6) is 0 Å². The van der Waals surface area contributed by atoms with E-state index in [1.807, 2.05) is 12.1 Å². The molecular weight excluding hydrogens is 165 g/mol. The van der Waals surface area contributed by atoms with Gasteiger partial charge in [0.25, 0.3) is 0 Å². The molecule has 0 radical (unpaired) electrons. The lowest BCUT2D eigenvalue weighted by Gasteiger charge is -2.10. The molecule has 0 saturated carbocycles. The topological polar surface area (TPSA) is 12.9 Å². The molecule has 1 aromatic heterocycles. The maximum Gasteiger partial charge on any atom is 0.119 e. The van der Waals surface area contributed by atoms with Crippen LogP contribution in [0.3, 0.4) is 0 Å². The van der Waals surface area contributed by atoms with Crippen molar-refractivity contribution in [3.05, 3.63) is 53.6 Å². The fourth-order valence-corrected chi connectivity index (χ4v) is 2.00. The van der Waals surface area contributed by atoms with Gasteiger partial charge in [0.2, 0.25) is 0 Å². The van der Waals surface area contributed by atoms with Crippen LogP contribution >= 0.6 is 0 Å². The van der Waals surface area contributed by atoms with E-state index in [9.17, 15) is 4.39 Å². The van der Waals surface area contributed by atoms with Gasteiger partial charge in [-0.3, -0.25) is 4.98 Å². The summed E-state index contributed by atoms with van der Waals surface area (Å²) in [5.41, 5.74) is 2.31. The van der Waals surface area contributed by atoms with E-state index < -0.39 is 0 Å². The molecule has 1 aromatic rings. The molecule has 0 fully saturated rings. The quantitative estimate of drug-likeness (QED) is 0.587. The van der Waals surface area contributed by atoms with Crippen molar-refractivity contribution in [3.8, 4) is 0 Å². The Labute approximate surface area is 75.6 Å². The number of hydrogen-bond acceptors (Lipinski definition) is 1. The number of aromatic nitrogens is 1. The summed E-state index contributed by atoms with van der Waals surface area (Å²) in [5.74, 6) is -0.136. The smallest absolute Gasteiger partial charge is 0.119 e. The van der Waals surface area contributed by atoms with Crippen LogP contribution in [0.4, 0.5) is 4.39 Å². The minimum Gasteiger partial charge on any atom is -0.260 e. The van der Waals surface area contributed by atoms with E-state index in [2.05, 4.69) is 11.1 Å². The third kappa shape index (κ3) is 0.777.